The molecule has 1 fully saturated rings. The van der Waals surface area contributed by atoms with Gasteiger partial charge in [0.05, 0.1) is 6.04 Å². The number of halogens is 1. The third-order valence-corrected chi connectivity index (χ3v) is 2.75. The van der Waals surface area contributed by atoms with Crippen molar-refractivity contribution in [1.82, 2.24) is 10.6 Å². The lowest BCUT2D eigenvalue weighted by atomic mass is 10.2. The van der Waals surface area contributed by atoms with Gasteiger partial charge in [-0.2, -0.15) is 0 Å². The number of carbonyl (C=O) groups is 1. The van der Waals surface area contributed by atoms with Crippen molar-refractivity contribution in [3.05, 3.63) is 28.7 Å². The van der Waals surface area contributed by atoms with Gasteiger partial charge in [-0.25, -0.2) is 4.79 Å². The Labute approximate surface area is 96.6 Å². The molecule has 0 spiro atoms. The predicted octanol–water partition coefficient (Wildman–Crippen LogP) is 1.54. The summed E-state index contributed by atoms with van der Waals surface area (Å²) < 4.78 is 0.997. The summed E-state index contributed by atoms with van der Waals surface area (Å²) in [5.74, 6) is 0. The maximum Gasteiger partial charge on any atom is 0.319 e. The zero-order chi connectivity index (χ0) is 10.7. The Morgan fingerprint density at radius 2 is 2.00 bits per heavy atom. The minimum atomic E-state index is -0.149. The molecule has 0 aliphatic carbocycles. The van der Waals surface area contributed by atoms with Crippen molar-refractivity contribution < 1.29 is 4.79 Å². The molecule has 1 saturated heterocycles. The minimum absolute atomic E-state index is 0.149. The molecule has 0 aromatic heterocycles. The van der Waals surface area contributed by atoms with E-state index in [2.05, 4.69) is 31.9 Å². The molecule has 5 heteroatoms. The fourth-order valence-electron chi connectivity index (χ4n) is 1.28. The van der Waals surface area contributed by atoms with Crippen molar-refractivity contribution in [3.63, 3.8) is 0 Å². The summed E-state index contributed by atoms with van der Waals surface area (Å²) >= 11 is 3.34. The molecular weight excluding hydrogens is 258 g/mol. The molecule has 0 unspecified atom stereocenters. The number of nitrogens with one attached hydrogen (secondary N) is 3. The highest BCUT2D eigenvalue weighted by Crippen LogP contribution is 2.13. The van der Waals surface area contributed by atoms with E-state index < -0.39 is 0 Å². The van der Waals surface area contributed by atoms with Gasteiger partial charge in [0.15, 0.2) is 0 Å². The Morgan fingerprint density at radius 3 is 2.53 bits per heavy atom. The molecule has 3 N–H and O–H groups in total. The molecule has 1 heterocycles. The van der Waals surface area contributed by atoms with E-state index in [1.807, 2.05) is 24.3 Å². The van der Waals surface area contributed by atoms with E-state index in [0.717, 1.165) is 23.2 Å². The van der Waals surface area contributed by atoms with Crippen LogP contribution >= 0.6 is 15.9 Å². The zero-order valence-corrected chi connectivity index (χ0v) is 9.67. The van der Waals surface area contributed by atoms with Gasteiger partial charge in [0, 0.05) is 23.2 Å². The van der Waals surface area contributed by atoms with E-state index in [1.165, 1.54) is 0 Å². The quantitative estimate of drug-likeness (QED) is 0.763. The van der Waals surface area contributed by atoms with Gasteiger partial charge in [0.2, 0.25) is 0 Å². The average Bonchev–Trinajstić information content (AvgIpc) is 2.16. The number of benzene rings is 1. The first-order valence-corrected chi connectivity index (χ1v) is 5.57. The molecule has 15 heavy (non-hydrogen) atoms. The summed E-state index contributed by atoms with van der Waals surface area (Å²) in [6.45, 7) is 1.71. The molecule has 4 nitrogen and oxygen atoms in total. The number of hydrogen-bond acceptors (Lipinski definition) is 2. The van der Waals surface area contributed by atoms with E-state index in [4.69, 9.17) is 0 Å². The van der Waals surface area contributed by atoms with Crippen LogP contribution in [0.15, 0.2) is 28.7 Å². The predicted molar refractivity (Wildman–Crippen MR) is 63.0 cm³/mol. The molecule has 1 aliphatic rings. The molecule has 2 rings (SSSR count). The molecule has 0 bridgehead atoms. The smallest absolute Gasteiger partial charge is 0.319 e. The van der Waals surface area contributed by atoms with E-state index in [1.54, 1.807) is 0 Å². The van der Waals surface area contributed by atoms with Gasteiger partial charge in [-0.05, 0) is 24.3 Å². The number of anilines is 1. The highest BCUT2D eigenvalue weighted by molar-refractivity contribution is 9.10. The number of hydrogen-bond donors (Lipinski definition) is 3. The molecule has 80 valence electrons. The summed E-state index contributed by atoms with van der Waals surface area (Å²) in [5, 5.41) is 8.71. The summed E-state index contributed by atoms with van der Waals surface area (Å²) in [6, 6.07) is 7.59. The SMILES string of the molecule is O=C(Nc1ccc(Br)cc1)NC1CNC1. The summed E-state index contributed by atoms with van der Waals surface area (Å²) in [5.41, 5.74) is 0.794. The van der Waals surface area contributed by atoms with Crippen LogP contribution in [0.5, 0.6) is 0 Å². The normalized spacial score (nSPS) is 15.5. The van der Waals surface area contributed by atoms with E-state index in [9.17, 15) is 4.79 Å². The largest absolute Gasteiger partial charge is 0.333 e. The first-order chi connectivity index (χ1) is 7.24. The standard InChI is InChI=1S/C10H12BrN3O/c11-7-1-3-8(4-2-7)13-10(15)14-9-5-12-6-9/h1-4,9,12H,5-6H2,(H2,13,14,15). The highest BCUT2D eigenvalue weighted by Gasteiger charge is 2.18. The Hall–Kier alpha value is -1.07. The molecular formula is C10H12BrN3O. The first-order valence-electron chi connectivity index (χ1n) is 4.78. The average molecular weight is 270 g/mol. The van der Waals surface area contributed by atoms with Crippen LogP contribution in [0.3, 0.4) is 0 Å². The van der Waals surface area contributed by atoms with Crippen LogP contribution < -0.4 is 16.0 Å². The molecule has 1 aromatic rings. The minimum Gasteiger partial charge on any atom is -0.333 e. The first kappa shape index (κ1) is 10.4. The second-order valence-corrected chi connectivity index (χ2v) is 4.38. The molecule has 0 radical (unpaired) electrons. The van der Waals surface area contributed by atoms with Gasteiger partial charge in [0.1, 0.15) is 0 Å². The Morgan fingerprint density at radius 1 is 1.33 bits per heavy atom. The van der Waals surface area contributed by atoms with Gasteiger partial charge < -0.3 is 16.0 Å². The lowest BCUT2D eigenvalue weighted by molar-refractivity contribution is 0.243. The number of rotatable bonds is 2. The zero-order valence-electron chi connectivity index (χ0n) is 8.09. The van der Waals surface area contributed by atoms with E-state index in [0.29, 0.717) is 0 Å². The van der Waals surface area contributed by atoms with Crippen LogP contribution in [0.4, 0.5) is 10.5 Å². The van der Waals surface area contributed by atoms with Crippen LogP contribution in [0.1, 0.15) is 0 Å². The van der Waals surface area contributed by atoms with Gasteiger partial charge in [0.25, 0.3) is 0 Å². The van der Waals surface area contributed by atoms with Crippen molar-refractivity contribution in [2.24, 2.45) is 0 Å². The lowest BCUT2D eigenvalue weighted by Gasteiger charge is -2.27. The molecule has 1 aromatic carbocycles. The molecule has 0 atom stereocenters. The molecule has 0 saturated carbocycles. The van der Waals surface area contributed by atoms with Crippen LogP contribution in [0, 0.1) is 0 Å². The Kier molecular flexibility index (Phi) is 3.23. The summed E-state index contributed by atoms with van der Waals surface area (Å²) in [4.78, 5) is 11.4. The van der Waals surface area contributed by atoms with Gasteiger partial charge >= 0.3 is 6.03 Å². The highest BCUT2D eigenvalue weighted by atomic mass is 79.9. The van der Waals surface area contributed by atoms with Crippen LogP contribution in [0.25, 0.3) is 0 Å². The van der Waals surface area contributed by atoms with Crippen molar-refractivity contribution >= 4 is 27.6 Å². The fourth-order valence-corrected chi connectivity index (χ4v) is 1.54. The van der Waals surface area contributed by atoms with Gasteiger partial charge in [-0.1, -0.05) is 15.9 Å². The maximum atomic E-state index is 11.4. The maximum absolute atomic E-state index is 11.4. The van der Waals surface area contributed by atoms with Crippen molar-refractivity contribution in [1.29, 1.82) is 0 Å². The lowest BCUT2D eigenvalue weighted by Crippen LogP contribution is -2.57. The third-order valence-electron chi connectivity index (χ3n) is 2.22. The number of urea groups is 1. The van der Waals surface area contributed by atoms with Crippen molar-refractivity contribution in [2.75, 3.05) is 18.4 Å². The topological polar surface area (TPSA) is 53.2 Å². The summed E-state index contributed by atoms with van der Waals surface area (Å²) in [6.07, 6.45) is 0. The van der Waals surface area contributed by atoms with Gasteiger partial charge in [-0.15, -0.1) is 0 Å². The number of carbonyl (C=O) groups excluding carboxylic acids is 1. The van der Waals surface area contributed by atoms with E-state index in [-0.39, 0.29) is 12.1 Å². The van der Waals surface area contributed by atoms with Crippen molar-refractivity contribution in [2.45, 2.75) is 6.04 Å². The molecule has 2 amide bonds. The Bertz CT molecular complexity index is 348. The second-order valence-electron chi connectivity index (χ2n) is 3.46. The number of amides is 2. The third kappa shape index (κ3) is 2.94. The van der Waals surface area contributed by atoms with Gasteiger partial charge in [-0.3, -0.25) is 0 Å². The van der Waals surface area contributed by atoms with Crippen LogP contribution in [-0.4, -0.2) is 25.2 Å². The summed E-state index contributed by atoms with van der Waals surface area (Å²) in [7, 11) is 0. The fraction of sp³-hybridized carbons (Fsp3) is 0.300. The van der Waals surface area contributed by atoms with Crippen LogP contribution in [-0.2, 0) is 0 Å². The van der Waals surface area contributed by atoms with E-state index >= 15 is 0 Å². The van der Waals surface area contributed by atoms with Crippen molar-refractivity contribution in [3.8, 4) is 0 Å². The van der Waals surface area contributed by atoms with Crippen LogP contribution in [0.2, 0.25) is 0 Å². The Balaban J connectivity index is 1.84. The second kappa shape index (κ2) is 4.63. The monoisotopic (exact) mass is 269 g/mol. The molecule has 1 aliphatic heterocycles.